The van der Waals surface area contributed by atoms with Crippen LogP contribution in [0.2, 0.25) is 0 Å². The third-order valence-electron chi connectivity index (χ3n) is 1.00. The van der Waals surface area contributed by atoms with Gasteiger partial charge in [0.05, 0.1) is 0 Å². The predicted octanol–water partition coefficient (Wildman–Crippen LogP) is -3.56. The van der Waals surface area contributed by atoms with Crippen LogP contribution in [0.1, 0.15) is 1.43 Å². The van der Waals surface area contributed by atoms with Gasteiger partial charge in [0.1, 0.15) is 0 Å². The van der Waals surface area contributed by atoms with Crippen molar-refractivity contribution >= 4 is 11.8 Å². The second-order valence-electron chi connectivity index (χ2n) is 1.66. The molecule has 0 aromatic carbocycles. The van der Waals surface area contributed by atoms with Crippen LogP contribution in [-0.2, 0) is 9.59 Å². The van der Waals surface area contributed by atoms with Gasteiger partial charge >= 0.3 is 29.6 Å². The molecule has 0 aromatic heterocycles. The SMILES string of the molecule is O=C1NC(=O)C(F)C1F.[H-].[Na+]. The predicted molar refractivity (Wildman–Crippen MR) is 24.1 cm³/mol. The quantitative estimate of drug-likeness (QED) is 0.293. The average Bonchev–Trinajstić information content (AvgIpc) is 1.98. The Hall–Kier alpha value is -0.000000000000000222. The summed E-state index contributed by atoms with van der Waals surface area (Å²) in [5, 5.41) is 1.49. The van der Waals surface area contributed by atoms with E-state index in [0.29, 0.717) is 0 Å². The molecule has 52 valence electrons. The standard InChI is InChI=1S/C4H3F2NO2.Na.H/c5-1-2(6)4(9)7-3(1)8;;/h1-2H,(H,7,8,9);;/q;+1;-1. The number of hydrogen-bond acceptors (Lipinski definition) is 2. The minimum absolute atomic E-state index is 0. The molecule has 2 atom stereocenters. The van der Waals surface area contributed by atoms with E-state index >= 15 is 0 Å². The Kier molecular flexibility index (Phi) is 3.41. The van der Waals surface area contributed by atoms with Gasteiger partial charge in [-0.15, -0.1) is 0 Å². The Labute approximate surface area is 78.9 Å². The van der Waals surface area contributed by atoms with Gasteiger partial charge in [0.2, 0.25) is 12.3 Å². The van der Waals surface area contributed by atoms with E-state index in [1.54, 1.807) is 0 Å². The van der Waals surface area contributed by atoms with Crippen molar-refractivity contribution in [3.05, 3.63) is 0 Å². The molecule has 1 rings (SSSR count). The van der Waals surface area contributed by atoms with E-state index in [2.05, 4.69) is 0 Å². The first-order chi connectivity index (χ1) is 4.13. The van der Waals surface area contributed by atoms with Crippen LogP contribution in [-0.4, -0.2) is 24.2 Å². The number of carbonyl (C=O) groups excluding carboxylic acids is 2. The van der Waals surface area contributed by atoms with Crippen molar-refractivity contribution in [2.75, 3.05) is 0 Å². The summed E-state index contributed by atoms with van der Waals surface area (Å²) < 4.78 is 23.9. The molecule has 1 aliphatic heterocycles. The number of nitrogens with one attached hydrogen (secondary N) is 1. The normalized spacial score (nSPS) is 31.4. The van der Waals surface area contributed by atoms with Crippen molar-refractivity contribution < 1.29 is 49.4 Å². The van der Waals surface area contributed by atoms with Crippen molar-refractivity contribution in [1.82, 2.24) is 5.32 Å². The molecule has 0 aromatic rings. The van der Waals surface area contributed by atoms with E-state index in [0.717, 1.165) is 0 Å². The first kappa shape index (κ1) is 10.0. The molecule has 2 unspecified atom stereocenters. The van der Waals surface area contributed by atoms with Crippen LogP contribution in [0.15, 0.2) is 0 Å². The monoisotopic (exact) mass is 159 g/mol. The van der Waals surface area contributed by atoms with Crippen LogP contribution in [0.4, 0.5) is 8.78 Å². The molecule has 2 amide bonds. The Morgan fingerprint density at radius 3 is 1.60 bits per heavy atom. The Bertz CT molecular complexity index is 161. The van der Waals surface area contributed by atoms with Gasteiger partial charge in [-0.05, 0) is 0 Å². The van der Waals surface area contributed by atoms with E-state index in [-0.39, 0.29) is 31.0 Å². The number of carbonyl (C=O) groups is 2. The molecule has 0 aliphatic carbocycles. The van der Waals surface area contributed by atoms with Gasteiger partial charge < -0.3 is 1.43 Å². The van der Waals surface area contributed by atoms with Crippen LogP contribution < -0.4 is 34.9 Å². The molecule has 0 saturated carbocycles. The Morgan fingerprint density at radius 2 is 1.50 bits per heavy atom. The Balaban J connectivity index is 0. The molecule has 0 radical (unpaired) electrons. The third kappa shape index (κ3) is 1.53. The van der Waals surface area contributed by atoms with Crippen LogP contribution >= 0.6 is 0 Å². The molecule has 1 heterocycles. The van der Waals surface area contributed by atoms with E-state index in [4.69, 9.17) is 0 Å². The van der Waals surface area contributed by atoms with Crippen molar-refractivity contribution in [2.24, 2.45) is 0 Å². The van der Waals surface area contributed by atoms with Gasteiger partial charge in [-0.2, -0.15) is 0 Å². The van der Waals surface area contributed by atoms with Crippen molar-refractivity contribution in [3.8, 4) is 0 Å². The molecule has 0 spiro atoms. The largest absolute Gasteiger partial charge is 1.00 e. The molecule has 10 heavy (non-hydrogen) atoms. The summed E-state index contributed by atoms with van der Waals surface area (Å²) in [6, 6.07) is 0. The second kappa shape index (κ2) is 3.41. The maximum absolute atomic E-state index is 12.0. The number of halogens is 2. The topological polar surface area (TPSA) is 46.2 Å². The molecule has 1 saturated heterocycles. The molecule has 1 N–H and O–H groups in total. The summed E-state index contributed by atoms with van der Waals surface area (Å²) in [6.07, 6.45) is -4.62. The molecule has 1 aliphatic rings. The van der Waals surface area contributed by atoms with Crippen LogP contribution in [0.5, 0.6) is 0 Å². The van der Waals surface area contributed by atoms with Gasteiger partial charge in [-0.25, -0.2) is 8.78 Å². The summed E-state index contributed by atoms with van der Waals surface area (Å²) in [4.78, 5) is 20.1. The molecule has 6 heteroatoms. The molecule has 3 nitrogen and oxygen atoms in total. The summed E-state index contributed by atoms with van der Waals surface area (Å²) in [5.41, 5.74) is 0. The average molecular weight is 159 g/mol. The van der Waals surface area contributed by atoms with Crippen LogP contribution in [0.3, 0.4) is 0 Å². The second-order valence-corrected chi connectivity index (χ2v) is 1.66. The van der Waals surface area contributed by atoms with Crippen LogP contribution in [0.25, 0.3) is 0 Å². The summed E-state index contributed by atoms with van der Waals surface area (Å²) >= 11 is 0. The summed E-state index contributed by atoms with van der Waals surface area (Å²) in [7, 11) is 0. The maximum atomic E-state index is 12.0. The number of hydrogen-bond donors (Lipinski definition) is 1. The van der Waals surface area contributed by atoms with E-state index in [1.165, 1.54) is 5.32 Å². The molecule has 0 bridgehead atoms. The smallest absolute Gasteiger partial charge is 1.00 e. The fraction of sp³-hybridized carbons (Fsp3) is 0.500. The van der Waals surface area contributed by atoms with Crippen molar-refractivity contribution in [3.63, 3.8) is 0 Å². The Morgan fingerprint density at radius 1 is 1.20 bits per heavy atom. The van der Waals surface area contributed by atoms with Gasteiger partial charge in [0, 0.05) is 0 Å². The summed E-state index contributed by atoms with van der Waals surface area (Å²) in [6.45, 7) is 0. The number of imide groups is 1. The van der Waals surface area contributed by atoms with E-state index in [9.17, 15) is 18.4 Å². The number of amides is 2. The number of alkyl halides is 2. The fourth-order valence-electron chi connectivity index (χ4n) is 0.525. The zero-order valence-electron chi connectivity index (χ0n) is 6.23. The zero-order chi connectivity index (χ0) is 7.02. The molecular formula is C4H4F2NNaO2. The van der Waals surface area contributed by atoms with Crippen molar-refractivity contribution in [1.29, 1.82) is 0 Å². The first-order valence-electron chi connectivity index (χ1n) is 2.26. The van der Waals surface area contributed by atoms with Gasteiger partial charge in [0.25, 0.3) is 11.8 Å². The van der Waals surface area contributed by atoms with Crippen LogP contribution in [0, 0.1) is 0 Å². The maximum Gasteiger partial charge on any atom is 1.00 e. The first-order valence-corrected chi connectivity index (χ1v) is 2.26. The minimum atomic E-state index is -2.31. The third-order valence-corrected chi connectivity index (χ3v) is 1.00. The summed E-state index contributed by atoms with van der Waals surface area (Å²) in [5.74, 6) is -2.37. The van der Waals surface area contributed by atoms with E-state index in [1.807, 2.05) is 0 Å². The van der Waals surface area contributed by atoms with Gasteiger partial charge in [-0.3, -0.25) is 14.9 Å². The molecule has 1 fully saturated rings. The minimum Gasteiger partial charge on any atom is -1.00 e. The fourth-order valence-corrected chi connectivity index (χ4v) is 0.525. The molecular weight excluding hydrogens is 155 g/mol. The number of rotatable bonds is 0. The van der Waals surface area contributed by atoms with Gasteiger partial charge in [-0.1, -0.05) is 0 Å². The zero-order valence-corrected chi connectivity index (χ0v) is 7.23. The van der Waals surface area contributed by atoms with Gasteiger partial charge in [0.15, 0.2) is 0 Å². The van der Waals surface area contributed by atoms with Crippen molar-refractivity contribution in [2.45, 2.75) is 12.3 Å². The van der Waals surface area contributed by atoms with E-state index < -0.39 is 24.2 Å².